The Hall–Kier alpha value is -1.32. The van der Waals surface area contributed by atoms with Crippen molar-refractivity contribution in [2.45, 2.75) is 108 Å². The molecule has 4 heteroatoms. The van der Waals surface area contributed by atoms with E-state index in [1.807, 2.05) is 13.8 Å². The lowest BCUT2D eigenvalue weighted by Crippen LogP contribution is -2.13. The Bertz CT molecular complexity index is 668. The van der Waals surface area contributed by atoms with Gasteiger partial charge in [-0.3, -0.25) is 4.79 Å². The number of esters is 1. The third-order valence-corrected chi connectivity index (χ3v) is 6.71. The molecule has 0 amide bonds. The van der Waals surface area contributed by atoms with E-state index in [1.54, 1.807) is 0 Å². The summed E-state index contributed by atoms with van der Waals surface area (Å²) in [6.45, 7) is 5.94. The van der Waals surface area contributed by atoms with E-state index in [2.05, 4.69) is 43.3 Å². The lowest BCUT2D eigenvalue weighted by atomic mass is 9.85. The van der Waals surface area contributed by atoms with Crippen molar-refractivity contribution in [2.75, 3.05) is 0 Å². The lowest BCUT2D eigenvalue weighted by molar-refractivity contribution is -0.147. The summed E-state index contributed by atoms with van der Waals surface area (Å²) < 4.78 is 5.17. The van der Waals surface area contributed by atoms with Gasteiger partial charge < -0.3 is 9.84 Å². The van der Waals surface area contributed by atoms with Crippen molar-refractivity contribution in [3.05, 3.63) is 47.5 Å². The van der Waals surface area contributed by atoms with E-state index in [1.165, 1.54) is 18.4 Å². The molecule has 0 bridgehead atoms. The normalized spacial score (nSPS) is 22.3. The molecule has 1 fully saturated rings. The zero-order valence-corrected chi connectivity index (χ0v) is 20.3. The van der Waals surface area contributed by atoms with Gasteiger partial charge in [-0.25, -0.2) is 0 Å². The first-order valence-corrected chi connectivity index (χ1v) is 12.6. The minimum atomic E-state index is -0.368. The van der Waals surface area contributed by atoms with Gasteiger partial charge in [-0.05, 0) is 69.4 Å². The van der Waals surface area contributed by atoms with Crippen molar-refractivity contribution in [1.82, 2.24) is 0 Å². The minimum absolute atomic E-state index is 0.0378. The SMILES string of the molecule is CCCCCC(O)c1ccc([C@@H]2[C@@H](C/C=C\CCCC(=O)OC(C)C)CC[C@@H]2Cl)cc1. The highest BCUT2D eigenvalue weighted by Gasteiger charge is 2.35. The van der Waals surface area contributed by atoms with Gasteiger partial charge in [0.2, 0.25) is 0 Å². The van der Waals surface area contributed by atoms with Crippen LogP contribution in [0.3, 0.4) is 0 Å². The van der Waals surface area contributed by atoms with Crippen LogP contribution in [0.1, 0.15) is 108 Å². The van der Waals surface area contributed by atoms with Gasteiger partial charge in [0.15, 0.2) is 0 Å². The summed E-state index contributed by atoms with van der Waals surface area (Å²) in [6, 6.07) is 8.50. The monoisotopic (exact) mass is 448 g/mol. The Morgan fingerprint density at radius 3 is 2.58 bits per heavy atom. The van der Waals surface area contributed by atoms with Gasteiger partial charge in [0.25, 0.3) is 0 Å². The van der Waals surface area contributed by atoms with E-state index < -0.39 is 0 Å². The molecule has 31 heavy (non-hydrogen) atoms. The van der Waals surface area contributed by atoms with Crippen LogP contribution in [0.4, 0.5) is 0 Å². The summed E-state index contributed by atoms with van der Waals surface area (Å²) in [7, 11) is 0. The maximum absolute atomic E-state index is 11.6. The number of carbonyl (C=O) groups is 1. The quantitative estimate of drug-likeness (QED) is 0.147. The molecular weight excluding hydrogens is 408 g/mol. The number of ether oxygens (including phenoxy) is 1. The highest BCUT2D eigenvalue weighted by Crippen LogP contribution is 2.45. The van der Waals surface area contributed by atoms with E-state index in [-0.39, 0.29) is 23.6 Å². The van der Waals surface area contributed by atoms with Crippen molar-refractivity contribution < 1.29 is 14.6 Å². The molecule has 1 aliphatic rings. The number of halogens is 1. The summed E-state index contributed by atoms with van der Waals surface area (Å²) in [5, 5.41) is 10.6. The molecule has 0 aromatic heterocycles. The molecule has 0 spiro atoms. The second-order valence-corrected chi connectivity index (χ2v) is 9.76. The van der Waals surface area contributed by atoms with Gasteiger partial charge in [0.1, 0.15) is 0 Å². The molecule has 1 aromatic rings. The Labute approximate surface area is 194 Å². The molecule has 2 rings (SSSR count). The van der Waals surface area contributed by atoms with Crippen molar-refractivity contribution in [3.8, 4) is 0 Å². The van der Waals surface area contributed by atoms with Crippen LogP contribution in [0.15, 0.2) is 36.4 Å². The maximum atomic E-state index is 11.6. The van der Waals surface area contributed by atoms with Gasteiger partial charge >= 0.3 is 5.97 Å². The molecule has 1 aliphatic carbocycles. The smallest absolute Gasteiger partial charge is 0.306 e. The van der Waals surface area contributed by atoms with Gasteiger partial charge in [-0.15, -0.1) is 11.6 Å². The number of hydrogen-bond acceptors (Lipinski definition) is 3. The zero-order valence-electron chi connectivity index (χ0n) is 19.6. The first kappa shape index (κ1) is 25.9. The van der Waals surface area contributed by atoms with Crippen LogP contribution in [0.25, 0.3) is 0 Å². The summed E-state index contributed by atoms with van der Waals surface area (Å²) >= 11 is 6.71. The van der Waals surface area contributed by atoms with Crippen LogP contribution in [-0.2, 0) is 9.53 Å². The van der Waals surface area contributed by atoms with Crippen molar-refractivity contribution in [2.24, 2.45) is 5.92 Å². The van der Waals surface area contributed by atoms with Crippen LogP contribution in [0.5, 0.6) is 0 Å². The second-order valence-electron chi connectivity index (χ2n) is 9.20. The molecule has 0 radical (unpaired) electrons. The van der Waals surface area contributed by atoms with Crippen LogP contribution < -0.4 is 0 Å². The third kappa shape index (κ3) is 8.98. The Morgan fingerprint density at radius 1 is 1.16 bits per heavy atom. The van der Waals surface area contributed by atoms with E-state index in [0.717, 1.165) is 50.5 Å². The number of hydrogen-bond donors (Lipinski definition) is 1. The molecule has 1 saturated carbocycles. The van der Waals surface area contributed by atoms with E-state index in [4.69, 9.17) is 16.3 Å². The maximum Gasteiger partial charge on any atom is 0.306 e. The van der Waals surface area contributed by atoms with E-state index in [9.17, 15) is 9.90 Å². The fourth-order valence-electron chi connectivity index (χ4n) is 4.54. The Balaban J connectivity index is 1.83. The predicted molar refractivity (Wildman–Crippen MR) is 129 cm³/mol. The molecule has 0 saturated heterocycles. The van der Waals surface area contributed by atoms with Crippen molar-refractivity contribution in [3.63, 3.8) is 0 Å². The fraction of sp³-hybridized carbons (Fsp3) is 0.667. The Morgan fingerprint density at radius 2 is 1.90 bits per heavy atom. The van der Waals surface area contributed by atoms with Gasteiger partial charge in [-0.2, -0.15) is 0 Å². The number of aliphatic hydroxyl groups is 1. The van der Waals surface area contributed by atoms with Crippen molar-refractivity contribution >= 4 is 17.6 Å². The fourth-order valence-corrected chi connectivity index (χ4v) is 5.02. The third-order valence-electron chi connectivity index (χ3n) is 6.22. The molecule has 1 N–H and O–H groups in total. The summed E-state index contributed by atoms with van der Waals surface area (Å²) in [5.74, 6) is 0.798. The number of rotatable bonds is 13. The number of alkyl halides is 1. The van der Waals surface area contributed by atoms with E-state index >= 15 is 0 Å². The van der Waals surface area contributed by atoms with E-state index in [0.29, 0.717) is 18.3 Å². The molecule has 0 aliphatic heterocycles. The second kappa shape index (κ2) is 14.0. The molecule has 3 nitrogen and oxygen atoms in total. The highest BCUT2D eigenvalue weighted by atomic mass is 35.5. The Kier molecular flexibility index (Phi) is 11.7. The number of aliphatic hydroxyl groups excluding tert-OH is 1. The van der Waals surface area contributed by atoms with Gasteiger partial charge in [0, 0.05) is 17.7 Å². The topological polar surface area (TPSA) is 46.5 Å². The molecule has 1 aromatic carbocycles. The number of benzene rings is 1. The number of carbonyl (C=O) groups excluding carboxylic acids is 1. The minimum Gasteiger partial charge on any atom is -0.463 e. The summed E-state index contributed by atoms with van der Waals surface area (Å²) in [6.07, 6.45) is 13.7. The average Bonchev–Trinajstić information content (AvgIpc) is 3.10. The molecule has 0 heterocycles. The van der Waals surface area contributed by atoms with Gasteiger partial charge in [0.05, 0.1) is 12.2 Å². The molecular formula is C27H41ClO3. The van der Waals surface area contributed by atoms with Crippen molar-refractivity contribution in [1.29, 1.82) is 0 Å². The molecule has 1 unspecified atom stereocenters. The van der Waals surface area contributed by atoms with Crippen LogP contribution in [0, 0.1) is 5.92 Å². The zero-order chi connectivity index (χ0) is 22.6. The molecule has 4 atom stereocenters. The highest BCUT2D eigenvalue weighted by molar-refractivity contribution is 6.21. The predicted octanol–water partition coefficient (Wildman–Crippen LogP) is 7.47. The van der Waals surface area contributed by atoms with Crippen LogP contribution >= 0.6 is 11.6 Å². The largest absolute Gasteiger partial charge is 0.463 e. The standard InChI is InChI=1S/C27H41ClO3/c1-4-5-8-12-25(29)21-14-16-23(17-15-21)27-22(18-19-24(27)28)11-9-6-7-10-13-26(30)31-20(2)3/h6,9,14-17,20,22,24-25,27,29H,4-5,7-8,10-13,18-19H2,1-3H3/b9-6-/t22-,24-,25?,27-/m0/s1. The summed E-state index contributed by atoms with van der Waals surface area (Å²) in [4.78, 5) is 11.6. The van der Waals surface area contributed by atoms with Crippen LogP contribution in [0.2, 0.25) is 0 Å². The summed E-state index contributed by atoms with van der Waals surface area (Å²) in [5.41, 5.74) is 2.30. The molecule has 174 valence electrons. The van der Waals surface area contributed by atoms with Crippen LogP contribution in [-0.4, -0.2) is 22.6 Å². The first-order chi connectivity index (χ1) is 14.9. The number of allylic oxidation sites excluding steroid dienone is 2. The first-order valence-electron chi connectivity index (χ1n) is 12.2. The number of unbranched alkanes of at least 4 members (excludes halogenated alkanes) is 3. The lowest BCUT2D eigenvalue weighted by Gasteiger charge is -2.22. The van der Waals surface area contributed by atoms with Gasteiger partial charge in [-0.1, -0.05) is 62.6 Å². The average molecular weight is 449 g/mol.